The molecule has 2 amide bonds. The molecule has 0 atom stereocenters. The van der Waals surface area contributed by atoms with E-state index in [9.17, 15) is 27.6 Å². The third kappa shape index (κ3) is 3.91. The number of piperazine rings is 1. The topological polar surface area (TPSA) is 62.6 Å². The summed E-state index contributed by atoms with van der Waals surface area (Å²) in [5, 5.41) is 0. The maximum atomic E-state index is 12.7. The van der Waals surface area contributed by atoms with Gasteiger partial charge in [-0.15, -0.1) is 0 Å². The van der Waals surface area contributed by atoms with Crippen molar-refractivity contribution in [1.82, 2.24) is 14.4 Å². The van der Waals surface area contributed by atoms with E-state index in [0.717, 1.165) is 16.8 Å². The van der Waals surface area contributed by atoms with Gasteiger partial charge in [0.2, 0.25) is 11.8 Å². The van der Waals surface area contributed by atoms with Crippen LogP contribution in [0.5, 0.6) is 0 Å². The fourth-order valence-electron chi connectivity index (χ4n) is 2.39. The van der Waals surface area contributed by atoms with Crippen LogP contribution in [0.3, 0.4) is 0 Å². The maximum absolute atomic E-state index is 12.7. The molecular weight excluding hydrogens is 315 g/mol. The molecule has 23 heavy (non-hydrogen) atoms. The zero-order chi connectivity index (χ0) is 17.2. The van der Waals surface area contributed by atoms with Crippen LogP contribution in [0.4, 0.5) is 13.2 Å². The van der Waals surface area contributed by atoms with Crippen molar-refractivity contribution in [2.45, 2.75) is 19.6 Å². The van der Waals surface area contributed by atoms with Crippen molar-refractivity contribution in [3.8, 4) is 0 Å². The number of hydrogen-bond donors (Lipinski definition) is 0. The van der Waals surface area contributed by atoms with Crippen LogP contribution in [-0.4, -0.2) is 52.4 Å². The van der Waals surface area contributed by atoms with Crippen LogP contribution in [0.1, 0.15) is 12.5 Å². The van der Waals surface area contributed by atoms with E-state index in [1.165, 1.54) is 11.8 Å². The molecule has 6 nitrogen and oxygen atoms in total. The monoisotopic (exact) mass is 331 g/mol. The minimum atomic E-state index is -4.75. The molecule has 2 heterocycles. The second kappa shape index (κ2) is 6.43. The number of amides is 2. The maximum Gasteiger partial charge on any atom is 0.421 e. The molecule has 0 saturated carbocycles. The predicted molar refractivity (Wildman–Crippen MR) is 74.5 cm³/mol. The number of pyridine rings is 1. The molecule has 1 aliphatic rings. The van der Waals surface area contributed by atoms with E-state index in [0.29, 0.717) is 32.2 Å². The van der Waals surface area contributed by atoms with Gasteiger partial charge in [-0.2, -0.15) is 13.2 Å². The number of hydrogen-bond acceptors (Lipinski definition) is 3. The lowest BCUT2D eigenvalue weighted by Gasteiger charge is -2.34. The Labute approximate surface area is 130 Å². The van der Waals surface area contributed by atoms with Gasteiger partial charge >= 0.3 is 6.18 Å². The number of alkyl halides is 3. The van der Waals surface area contributed by atoms with Crippen LogP contribution >= 0.6 is 0 Å². The average molecular weight is 331 g/mol. The first-order chi connectivity index (χ1) is 10.7. The van der Waals surface area contributed by atoms with Crippen LogP contribution in [-0.2, 0) is 22.3 Å². The van der Waals surface area contributed by atoms with E-state index >= 15 is 0 Å². The van der Waals surface area contributed by atoms with Gasteiger partial charge < -0.3 is 14.4 Å². The summed E-state index contributed by atoms with van der Waals surface area (Å²) in [5.74, 6) is -0.541. The van der Waals surface area contributed by atoms with Crippen LogP contribution in [0, 0.1) is 0 Å². The molecule has 2 rings (SSSR count). The Morgan fingerprint density at radius 1 is 1.13 bits per heavy atom. The number of halogens is 3. The molecule has 126 valence electrons. The van der Waals surface area contributed by atoms with E-state index in [4.69, 9.17) is 0 Å². The summed E-state index contributed by atoms with van der Waals surface area (Å²) in [6.45, 7) is 2.32. The molecule has 1 aromatic heterocycles. The van der Waals surface area contributed by atoms with Gasteiger partial charge in [0.25, 0.3) is 5.56 Å². The van der Waals surface area contributed by atoms with Gasteiger partial charge in [0.1, 0.15) is 12.1 Å². The van der Waals surface area contributed by atoms with Gasteiger partial charge in [-0.1, -0.05) is 0 Å². The minimum Gasteiger partial charge on any atom is -0.339 e. The van der Waals surface area contributed by atoms with Gasteiger partial charge in [0, 0.05) is 39.3 Å². The van der Waals surface area contributed by atoms with E-state index in [1.54, 1.807) is 4.90 Å². The van der Waals surface area contributed by atoms with Crippen LogP contribution in [0.15, 0.2) is 23.1 Å². The molecule has 1 fully saturated rings. The van der Waals surface area contributed by atoms with Crippen molar-refractivity contribution in [3.05, 3.63) is 34.2 Å². The normalized spacial score (nSPS) is 15.7. The summed E-state index contributed by atoms with van der Waals surface area (Å²) in [7, 11) is 0. The van der Waals surface area contributed by atoms with Gasteiger partial charge in [0.05, 0.1) is 0 Å². The number of carbonyl (C=O) groups excluding carboxylic acids is 2. The third-order valence-electron chi connectivity index (χ3n) is 3.71. The third-order valence-corrected chi connectivity index (χ3v) is 3.71. The summed E-state index contributed by atoms with van der Waals surface area (Å²) in [6.07, 6.45) is -3.60. The summed E-state index contributed by atoms with van der Waals surface area (Å²) >= 11 is 0. The van der Waals surface area contributed by atoms with Crippen molar-refractivity contribution in [3.63, 3.8) is 0 Å². The Bertz CT molecular complexity index is 661. The van der Waals surface area contributed by atoms with Crippen LogP contribution < -0.4 is 5.56 Å². The molecule has 1 aliphatic heterocycles. The smallest absolute Gasteiger partial charge is 0.339 e. The highest BCUT2D eigenvalue weighted by molar-refractivity contribution is 5.77. The first-order valence-electron chi connectivity index (χ1n) is 7.00. The molecular formula is C14H16F3N3O3. The molecule has 0 aliphatic carbocycles. The molecule has 0 bridgehead atoms. The first kappa shape index (κ1) is 17.0. The van der Waals surface area contributed by atoms with Crippen molar-refractivity contribution >= 4 is 11.8 Å². The van der Waals surface area contributed by atoms with Crippen molar-refractivity contribution in [2.24, 2.45) is 0 Å². The number of nitrogens with zero attached hydrogens (tertiary/aromatic N) is 3. The summed E-state index contributed by atoms with van der Waals surface area (Å²) in [5.41, 5.74) is -2.54. The van der Waals surface area contributed by atoms with E-state index in [-0.39, 0.29) is 5.91 Å². The molecule has 0 N–H and O–H groups in total. The first-order valence-corrected chi connectivity index (χ1v) is 7.00. The Balaban J connectivity index is 2.07. The lowest BCUT2D eigenvalue weighted by Crippen LogP contribution is -2.51. The zero-order valence-corrected chi connectivity index (χ0v) is 12.5. The quantitative estimate of drug-likeness (QED) is 0.795. The van der Waals surface area contributed by atoms with Gasteiger partial charge in [-0.05, 0) is 12.1 Å². The minimum absolute atomic E-state index is 0.0915. The Kier molecular flexibility index (Phi) is 4.76. The van der Waals surface area contributed by atoms with Crippen molar-refractivity contribution in [2.75, 3.05) is 26.2 Å². The number of rotatable bonds is 2. The molecule has 9 heteroatoms. The van der Waals surface area contributed by atoms with Gasteiger partial charge in [0.15, 0.2) is 0 Å². The number of aromatic nitrogens is 1. The largest absolute Gasteiger partial charge is 0.421 e. The van der Waals surface area contributed by atoms with Gasteiger partial charge in [-0.3, -0.25) is 14.4 Å². The molecule has 1 saturated heterocycles. The second-order valence-corrected chi connectivity index (χ2v) is 5.24. The predicted octanol–water partition coefficient (Wildman–Crippen LogP) is 0.558. The standard InChI is InChI=1S/C14H16F3N3O3/c1-10(21)18-5-7-19(8-6-18)12(22)9-20-4-2-3-11(13(20)23)14(15,16)17/h2-4H,5-9H2,1H3. The van der Waals surface area contributed by atoms with Crippen molar-refractivity contribution < 1.29 is 22.8 Å². The Morgan fingerprint density at radius 2 is 1.70 bits per heavy atom. The van der Waals surface area contributed by atoms with E-state index < -0.39 is 29.8 Å². The van der Waals surface area contributed by atoms with E-state index in [2.05, 4.69) is 0 Å². The zero-order valence-electron chi connectivity index (χ0n) is 12.5. The highest BCUT2D eigenvalue weighted by Gasteiger charge is 2.34. The molecule has 0 unspecified atom stereocenters. The Hall–Kier alpha value is -2.32. The fraction of sp³-hybridized carbons (Fsp3) is 0.500. The summed E-state index contributed by atoms with van der Waals surface area (Å²) in [4.78, 5) is 38.2. The molecule has 0 aromatic carbocycles. The molecule has 0 radical (unpaired) electrons. The summed E-state index contributed by atoms with van der Waals surface area (Å²) in [6, 6.07) is 1.78. The SMILES string of the molecule is CC(=O)N1CCN(C(=O)Cn2cccc(C(F)(F)F)c2=O)CC1. The lowest BCUT2D eigenvalue weighted by atomic mass is 10.2. The fourth-order valence-corrected chi connectivity index (χ4v) is 2.39. The van der Waals surface area contributed by atoms with Crippen molar-refractivity contribution in [1.29, 1.82) is 0 Å². The summed E-state index contributed by atoms with van der Waals surface area (Å²) < 4.78 is 38.8. The second-order valence-electron chi connectivity index (χ2n) is 5.24. The van der Waals surface area contributed by atoms with Crippen LogP contribution in [0.25, 0.3) is 0 Å². The highest BCUT2D eigenvalue weighted by Crippen LogP contribution is 2.25. The van der Waals surface area contributed by atoms with Gasteiger partial charge in [-0.25, -0.2) is 0 Å². The Morgan fingerprint density at radius 3 is 2.22 bits per heavy atom. The van der Waals surface area contributed by atoms with E-state index in [1.807, 2.05) is 0 Å². The lowest BCUT2D eigenvalue weighted by molar-refractivity contribution is -0.140. The number of carbonyl (C=O) groups is 2. The van der Waals surface area contributed by atoms with Crippen LogP contribution in [0.2, 0.25) is 0 Å². The molecule has 1 aromatic rings. The average Bonchev–Trinajstić information content (AvgIpc) is 2.48. The molecule has 0 spiro atoms. The highest BCUT2D eigenvalue weighted by atomic mass is 19.4.